The van der Waals surface area contributed by atoms with Crippen LogP contribution in [0.4, 0.5) is 0 Å². The van der Waals surface area contributed by atoms with Crippen molar-refractivity contribution in [3.05, 3.63) is 28.8 Å². The topological polar surface area (TPSA) is 32.8 Å². The zero-order chi connectivity index (χ0) is 21.3. The molecule has 1 aromatic carbocycles. The molecule has 0 saturated carbocycles. The van der Waals surface area contributed by atoms with Crippen molar-refractivity contribution in [1.29, 1.82) is 0 Å². The van der Waals surface area contributed by atoms with Crippen molar-refractivity contribution in [2.24, 2.45) is 0 Å². The summed E-state index contributed by atoms with van der Waals surface area (Å²) in [7, 11) is 0. The third kappa shape index (κ3) is 4.38. The zero-order valence-corrected chi connectivity index (χ0v) is 20.0. The molecule has 0 aliphatic carbocycles. The van der Waals surface area contributed by atoms with E-state index in [1.54, 1.807) is 0 Å². The molecule has 166 valence electrons. The predicted octanol–water partition coefficient (Wildman–Crippen LogP) is 5.11. The number of amides is 1. The monoisotopic (exact) mass is 430 g/mol. The number of rotatable bonds is 6. The number of ether oxygens (including phenoxy) is 1. The second-order valence-corrected chi connectivity index (χ2v) is 10.8. The lowest BCUT2D eigenvalue weighted by atomic mass is 9.93. The number of benzene rings is 1. The molecule has 4 unspecified atom stereocenters. The molecular formula is C25H38N2O2S. The van der Waals surface area contributed by atoms with E-state index >= 15 is 0 Å². The van der Waals surface area contributed by atoms with E-state index in [9.17, 15) is 4.79 Å². The number of hydrogen-bond donors (Lipinski definition) is 0. The van der Waals surface area contributed by atoms with Crippen LogP contribution in [0.25, 0.3) is 0 Å². The van der Waals surface area contributed by atoms with Crippen LogP contribution >= 0.6 is 11.8 Å². The highest BCUT2D eigenvalue weighted by atomic mass is 32.2. The smallest absolute Gasteiger partial charge is 0.265 e. The summed E-state index contributed by atoms with van der Waals surface area (Å²) >= 11 is 2.05. The van der Waals surface area contributed by atoms with Crippen LogP contribution in [0, 0.1) is 13.8 Å². The van der Waals surface area contributed by atoms with Crippen LogP contribution in [0.3, 0.4) is 0 Å². The number of carbonyl (C=O) groups excluding carboxylic acids is 1. The van der Waals surface area contributed by atoms with Crippen molar-refractivity contribution in [3.63, 3.8) is 0 Å². The minimum atomic E-state index is -0.391. The number of likely N-dealkylation sites (tertiary alicyclic amines) is 1. The first-order valence-electron chi connectivity index (χ1n) is 11.9. The van der Waals surface area contributed by atoms with Crippen molar-refractivity contribution in [3.8, 4) is 5.75 Å². The highest BCUT2D eigenvalue weighted by molar-refractivity contribution is 8.00. The van der Waals surface area contributed by atoms with E-state index in [0.29, 0.717) is 5.25 Å². The number of nitrogens with zero attached hydrogens (tertiary/aromatic N) is 2. The molecule has 2 fully saturated rings. The largest absolute Gasteiger partial charge is 0.480 e. The Morgan fingerprint density at radius 3 is 2.73 bits per heavy atom. The van der Waals surface area contributed by atoms with Crippen LogP contribution in [0.1, 0.15) is 75.0 Å². The third-order valence-corrected chi connectivity index (χ3v) is 8.61. The lowest BCUT2D eigenvalue weighted by Gasteiger charge is -2.44. The lowest BCUT2D eigenvalue weighted by Crippen LogP contribution is -2.57. The average Bonchev–Trinajstić information content (AvgIpc) is 3.36. The van der Waals surface area contributed by atoms with Gasteiger partial charge in [-0.2, -0.15) is 11.8 Å². The molecule has 1 amide bonds. The Labute approximate surface area is 186 Å². The summed E-state index contributed by atoms with van der Waals surface area (Å²) in [5.74, 6) is 2.45. The summed E-state index contributed by atoms with van der Waals surface area (Å²) in [4.78, 5) is 18.8. The number of fused-ring (bicyclic) bond motifs is 1. The molecule has 0 radical (unpaired) electrons. The van der Waals surface area contributed by atoms with E-state index in [0.717, 1.165) is 38.2 Å². The van der Waals surface area contributed by atoms with Gasteiger partial charge in [-0.1, -0.05) is 19.9 Å². The molecule has 3 aliphatic heterocycles. The maximum Gasteiger partial charge on any atom is 0.265 e. The van der Waals surface area contributed by atoms with E-state index in [4.69, 9.17) is 4.74 Å². The van der Waals surface area contributed by atoms with Gasteiger partial charge in [-0.25, -0.2) is 0 Å². The van der Waals surface area contributed by atoms with Crippen molar-refractivity contribution in [2.45, 2.75) is 89.7 Å². The fourth-order valence-electron chi connectivity index (χ4n) is 5.34. The molecule has 3 heterocycles. The van der Waals surface area contributed by atoms with E-state index in [-0.39, 0.29) is 18.0 Å². The Kier molecular flexibility index (Phi) is 6.98. The first-order chi connectivity index (χ1) is 14.5. The maximum atomic E-state index is 14.0. The van der Waals surface area contributed by atoms with Crippen molar-refractivity contribution in [1.82, 2.24) is 9.80 Å². The fraction of sp³-hybridized carbons (Fsp3) is 0.720. The molecule has 2 saturated heterocycles. The first-order valence-corrected chi connectivity index (χ1v) is 13.0. The second kappa shape index (κ2) is 9.52. The Hall–Kier alpha value is -1.20. The molecule has 0 bridgehead atoms. The van der Waals surface area contributed by atoms with E-state index in [2.05, 4.69) is 49.6 Å². The maximum absolute atomic E-state index is 14.0. The van der Waals surface area contributed by atoms with Gasteiger partial charge in [0.2, 0.25) is 0 Å². The van der Waals surface area contributed by atoms with E-state index in [1.165, 1.54) is 48.1 Å². The second-order valence-electron chi connectivity index (χ2n) is 9.44. The highest BCUT2D eigenvalue weighted by Crippen LogP contribution is 2.41. The van der Waals surface area contributed by atoms with Crippen LogP contribution in [0.5, 0.6) is 5.75 Å². The van der Waals surface area contributed by atoms with Crippen molar-refractivity contribution >= 4 is 17.7 Å². The molecule has 4 nitrogen and oxygen atoms in total. The van der Waals surface area contributed by atoms with Gasteiger partial charge in [0.15, 0.2) is 6.10 Å². The quantitative estimate of drug-likeness (QED) is 0.627. The standard InChI is InChI=1S/C25H38N2O2S/c1-5-11-26-12-7-6-10-23(26)27(16-20-9-8-13-30-20)25(28)24-19(4)21-14-17(2)18(3)15-22(21)29-24/h14-15,19-20,23-24H,5-13,16H2,1-4H3. The minimum Gasteiger partial charge on any atom is -0.480 e. The van der Waals surface area contributed by atoms with Crippen LogP contribution in [-0.2, 0) is 4.79 Å². The first kappa shape index (κ1) is 22.0. The Balaban J connectivity index is 1.59. The molecule has 30 heavy (non-hydrogen) atoms. The Bertz CT molecular complexity index is 760. The van der Waals surface area contributed by atoms with Gasteiger partial charge in [-0.05, 0) is 81.9 Å². The van der Waals surface area contributed by atoms with E-state index < -0.39 is 6.10 Å². The van der Waals surface area contributed by atoms with Gasteiger partial charge in [0.25, 0.3) is 5.91 Å². The third-order valence-electron chi connectivity index (χ3n) is 7.23. The van der Waals surface area contributed by atoms with Crippen LogP contribution in [0.15, 0.2) is 12.1 Å². The summed E-state index contributed by atoms with van der Waals surface area (Å²) in [6, 6.07) is 4.35. The van der Waals surface area contributed by atoms with Crippen molar-refractivity contribution < 1.29 is 9.53 Å². The number of carbonyl (C=O) groups is 1. The Morgan fingerprint density at radius 1 is 1.20 bits per heavy atom. The summed E-state index contributed by atoms with van der Waals surface area (Å²) < 4.78 is 6.33. The SMILES string of the molecule is CCCN1CCCCC1N(CC1CCCS1)C(=O)C1Oc2cc(C)c(C)cc2C1C. The van der Waals surface area contributed by atoms with Crippen LogP contribution < -0.4 is 4.74 Å². The molecule has 5 heteroatoms. The molecular weight excluding hydrogens is 392 g/mol. The normalized spacial score (nSPS) is 28.9. The van der Waals surface area contributed by atoms with Crippen LogP contribution in [0.2, 0.25) is 0 Å². The van der Waals surface area contributed by atoms with Crippen LogP contribution in [-0.4, -0.2) is 58.6 Å². The molecule has 0 aromatic heterocycles. The summed E-state index contributed by atoms with van der Waals surface area (Å²) in [5.41, 5.74) is 3.70. The van der Waals surface area contributed by atoms with Crippen molar-refractivity contribution in [2.75, 3.05) is 25.4 Å². The zero-order valence-electron chi connectivity index (χ0n) is 19.2. The fourth-order valence-corrected chi connectivity index (χ4v) is 6.61. The molecule has 4 rings (SSSR count). The molecule has 0 spiro atoms. The summed E-state index contributed by atoms with van der Waals surface area (Å²) in [6.45, 7) is 11.7. The lowest BCUT2D eigenvalue weighted by molar-refractivity contribution is -0.147. The van der Waals surface area contributed by atoms with Gasteiger partial charge < -0.3 is 9.64 Å². The molecule has 0 N–H and O–H groups in total. The number of hydrogen-bond acceptors (Lipinski definition) is 4. The summed E-state index contributed by atoms with van der Waals surface area (Å²) in [6.07, 6.45) is 7.04. The van der Waals surface area contributed by atoms with Gasteiger partial charge in [0.1, 0.15) is 5.75 Å². The number of piperidine rings is 1. The van der Waals surface area contributed by atoms with E-state index in [1.807, 2.05) is 11.8 Å². The number of aryl methyl sites for hydroxylation is 2. The van der Waals surface area contributed by atoms with Gasteiger partial charge in [0.05, 0.1) is 6.17 Å². The average molecular weight is 431 g/mol. The molecule has 4 atom stereocenters. The van der Waals surface area contributed by atoms with Gasteiger partial charge in [-0.15, -0.1) is 0 Å². The van der Waals surface area contributed by atoms with Gasteiger partial charge in [-0.3, -0.25) is 9.69 Å². The predicted molar refractivity (Wildman–Crippen MR) is 125 cm³/mol. The minimum absolute atomic E-state index is 0.105. The summed E-state index contributed by atoms with van der Waals surface area (Å²) in [5, 5.41) is 0.572. The Morgan fingerprint density at radius 2 is 2.00 bits per heavy atom. The van der Waals surface area contributed by atoms with Gasteiger partial charge >= 0.3 is 0 Å². The van der Waals surface area contributed by atoms with Gasteiger partial charge in [0, 0.05) is 29.8 Å². The highest BCUT2D eigenvalue weighted by Gasteiger charge is 2.43. The number of thioether (sulfide) groups is 1. The molecule has 3 aliphatic rings. The molecule has 1 aromatic rings.